The molecule has 0 rings (SSSR count). The minimum Gasteiger partial charge on any atom is -0.467 e. The normalized spacial score (nSPS) is 12.7. The summed E-state index contributed by atoms with van der Waals surface area (Å²) in [5.74, 6) is -0.367. The Bertz CT molecular complexity index is 105. The molecule has 0 radical (unpaired) electrons. The van der Waals surface area contributed by atoms with E-state index in [1.54, 1.807) is 6.92 Å². The summed E-state index contributed by atoms with van der Waals surface area (Å²) < 4.78 is 9.35. The van der Waals surface area contributed by atoms with Crippen molar-refractivity contribution < 1.29 is 14.3 Å². The fraction of sp³-hybridized carbons (Fsp3) is 0.833. The Balaban J connectivity index is 3.41. The number of rotatable bonds is 4. The minimum absolute atomic E-state index is 0.367. The van der Waals surface area contributed by atoms with Crippen LogP contribution in [0.2, 0.25) is 0 Å². The summed E-state index contributed by atoms with van der Waals surface area (Å²) in [7, 11) is 1.32. The van der Waals surface area contributed by atoms with E-state index >= 15 is 0 Å². The molecule has 4 nitrogen and oxygen atoms in total. The van der Waals surface area contributed by atoms with Gasteiger partial charge in [0.1, 0.15) is 0 Å². The quantitative estimate of drug-likeness (QED) is 0.546. The summed E-state index contributed by atoms with van der Waals surface area (Å²) in [4.78, 5) is 10.6. The standard InChI is InChI=1S/C6H13NO3/c1-5(6(8)9-2)10-4-3-7/h5H,3-4,7H2,1-2H3. The summed E-state index contributed by atoms with van der Waals surface area (Å²) in [5.41, 5.74) is 5.14. The molecule has 0 aliphatic carbocycles. The summed E-state index contributed by atoms with van der Waals surface area (Å²) in [5, 5.41) is 0. The van der Waals surface area contributed by atoms with Crippen molar-refractivity contribution in [3.63, 3.8) is 0 Å². The van der Waals surface area contributed by atoms with Crippen molar-refractivity contribution in [2.24, 2.45) is 5.73 Å². The highest BCUT2D eigenvalue weighted by atomic mass is 16.6. The average Bonchev–Trinajstić information content (AvgIpc) is 1.98. The Hall–Kier alpha value is -0.610. The lowest BCUT2D eigenvalue weighted by Crippen LogP contribution is -2.24. The van der Waals surface area contributed by atoms with E-state index in [4.69, 9.17) is 10.5 Å². The highest BCUT2D eigenvalue weighted by Gasteiger charge is 2.11. The van der Waals surface area contributed by atoms with E-state index < -0.39 is 6.10 Å². The van der Waals surface area contributed by atoms with E-state index in [0.29, 0.717) is 13.2 Å². The van der Waals surface area contributed by atoms with E-state index in [2.05, 4.69) is 4.74 Å². The molecule has 0 aliphatic heterocycles. The van der Waals surface area contributed by atoms with Crippen LogP contribution >= 0.6 is 0 Å². The first-order valence-corrected chi connectivity index (χ1v) is 3.12. The lowest BCUT2D eigenvalue weighted by Gasteiger charge is -2.08. The van der Waals surface area contributed by atoms with E-state index in [1.807, 2.05) is 0 Å². The van der Waals surface area contributed by atoms with Gasteiger partial charge in [0.15, 0.2) is 6.10 Å². The lowest BCUT2D eigenvalue weighted by molar-refractivity contribution is -0.152. The van der Waals surface area contributed by atoms with Crippen LogP contribution in [0.15, 0.2) is 0 Å². The van der Waals surface area contributed by atoms with Gasteiger partial charge in [-0.25, -0.2) is 4.79 Å². The molecule has 2 N–H and O–H groups in total. The van der Waals surface area contributed by atoms with Crippen molar-refractivity contribution in [3.8, 4) is 0 Å². The smallest absolute Gasteiger partial charge is 0.334 e. The van der Waals surface area contributed by atoms with Gasteiger partial charge in [0.25, 0.3) is 0 Å². The monoisotopic (exact) mass is 147 g/mol. The second-order valence-corrected chi connectivity index (χ2v) is 1.82. The third-order valence-electron chi connectivity index (χ3n) is 1.02. The SMILES string of the molecule is COC(=O)C(C)OCCN. The second-order valence-electron chi connectivity index (χ2n) is 1.82. The maximum absolute atomic E-state index is 10.6. The molecule has 60 valence electrons. The van der Waals surface area contributed by atoms with Gasteiger partial charge in [0.05, 0.1) is 13.7 Å². The van der Waals surface area contributed by atoms with Gasteiger partial charge in [0, 0.05) is 6.54 Å². The number of nitrogens with two attached hydrogens (primary N) is 1. The predicted molar refractivity (Wildman–Crippen MR) is 36.5 cm³/mol. The maximum atomic E-state index is 10.6. The molecule has 0 aromatic carbocycles. The summed E-state index contributed by atoms with van der Waals surface area (Å²) in [6, 6.07) is 0. The Morgan fingerprint density at radius 2 is 2.30 bits per heavy atom. The van der Waals surface area contributed by atoms with Crippen LogP contribution in [-0.4, -0.2) is 32.3 Å². The highest BCUT2D eigenvalue weighted by Crippen LogP contribution is 1.91. The number of esters is 1. The van der Waals surface area contributed by atoms with Crippen molar-refractivity contribution in [3.05, 3.63) is 0 Å². The fourth-order valence-electron chi connectivity index (χ4n) is 0.479. The Morgan fingerprint density at radius 3 is 2.70 bits per heavy atom. The number of hydrogen-bond donors (Lipinski definition) is 1. The van der Waals surface area contributed by atoms with E-state index in [9.17, 15) is 4.79 Å². The summed E-state index contributed by atoms with van der Waals surface area (Å²) in [6.45, 7) is 2.43. The van der Waals surface area contributed by atoms with Gasteiger partial charge in [-0.1, -0.05) is 0 Å². The predicted octanol–water partition coefficient (Wildman–Crippen LogP) is -0.477. The topological polar surface area (TPSA) is 61.5 Å². The van der Waals surface area contributed by atoms with Crippen LogP contribution in [0.4, 0.5) is 0 Å². The molecule has 0 aliphatic rings. The van der Waals surface area contributed by atoms with Crippen molar-refractivity contribution in [1.29, 1.82) is 0 Å². The molecule has 0 heterocycles. The molecular weight excluding hydrogens is 134 g/mol. The van der Waals surface area contributed by atoms with Gasteiger partial charge in [0.2, 0.25) is 0 Å². The Morgan fingerprint density at radius 1 is 1.70 bits per heavy atom. The Kier molecular flexibility index (Phi) is 4.88. The lowest BCUT2D eigenvalue weighted by atomic mass is 10.4. The van der Waals surface area contributed by atoms with Crippen molar-refractivity contribution in [2.45, 2.75) is 13.0 Å². The van der Waals surface area contributed by atoms with Crippen molar-refractivity contribution >= 4 is 5.97 Å². The molecule has 0 spiro atoms. The fourth-order valence-corrected chi connectivity index (χ4v) is 0.479. The van der Waals surface area contributed by atoms with E-state index in [-0.39, 0.29) is 5.97 Å². The van der Waals surface area contributed by atoms with Crippen LogP contribution in [0, 0.1) is 0 Å². The minimum atomic E-state index is -0.506. The molecule has 0 saturated carbocycles. The van der Waals surface area contributed by atoms with Gasteiger partial charge in [-0.15, -0.1) is 0 Å². The number of methoxy groups -OCH3 is 1. The van der Waals surface area contributed by atoms with Gasteiger partial charge < -0.3 is 15.2 Å². The van der Waals surface area contributed by atoms with Crippen LogP contribution < -0.4 is 5.73 Å². The summed E-state index contributed by atoms with van der Waals surface area (Å²) >= 11 is 0. The molecule has 0 amide bonds. The molecule has 1 unspecified atom stereocenters. The first kappa shape index (κ1) is 9.39. The van der Waals surface area contributed by atoms with Crippen LogP contribution in [-0.2, 0) is 14.3 Å². The molecule has 4 heteroatoms. The molecule has 10 heavy (non-hydrogen) atoms. The summed E-state index contributed by atoms with van der Waals surface area (Å²) in [6.07, 6.45) is -0.506. The Labute approximate surface area is 60.3 Å². The molecule has 1 atom stereocenters. The zero-order valence-corrected chi connectivity index (χ0v) is 6.29. The molecule has 0 saturated heterocycles. The molecule has 0 aromatic rings. The molecule has 0 aromatic heterocycles. The van der Waals surface area contributed by atoms with Gasteiger partial charge in [-0.3, -0.25) is 0 Å². The largest absolute Gasteiger partial charge is 0.467 e. The van der Waals surface area contributed by atoms with Crippen molar-refractivity contribution in [1.82, 2.24) is 0 Å². The third kappa shape index (κ3) is 3.42. The first-order valence-electron chi connectivity index (χ1n) is 3.12. The highest BCUT2D eigenvalue weighted by molar-refractivity contribution is 5.73. The zero-order chi connectivity index (χ0) is 7.98. The number of carbonyl (C=O) groups excluding carboxylic acids is 1. The van der Waals surface area contributed by atoms with E-state index in [0.717, 1.165) is 0 Å². The number of carbonyl (C=O) groups is 1. The average molecular weight is 147 g/mol. The van der Waals surface area contributed by atoms with Crippen LogP contribution in [0.25, 0.3) is 0 Å². The van der Waals surface area contributed by atoms with Crippen molar-refractivity contribution in [2.75, 3.05) is 20.3 Å². The molecule has 0 bridgehead atoms. The van der Waals surface area contributed by atoms with Crippen LogP contribution in [0.5, 0.6) is 0 Å². The zero-order valence-electron chi connectivity index (χ0n) is 6.29. The van der Waals surface area contributed by atoms with Gasteiger partial charge in [-0.05, 0) is 6.92 Å². The third-order valence-corrected chi connectivity index (χ3v) is 1.02. The van der Waals surface area contributed by atoms with Gasteiger partial charge in [-0.2, -0.15) is 0 Å². The number of ether oxygens (including phenoxy) is 2. The molecule has 0 fully saturated rings. The second kappa shape index (κ2) is 5.20. The number of hydrogen-bond acceptors (Lipinski definition) is 4. The maximum Gasteiger partial charge on any atom is 0.334 e. The molecular formula is C6H13NO3. The van der Waals surface area contributed by atoms with E-state index in [1.165, 1.54) is 7.11 Å². The first-order chi connectivity index (χ1) is 4.72. The van der Waals surface area contributed by atoms with Gasteiger partial charge >= 0.3 is 5.97 Å². The van der Waals surface area contributed by atoms with Crippen LogP contribution in [0.3, 0.4) is 0 Å². The van der Waals surface area contributed by atoms with Crippen LogP contribution in [0.1, 0.15) is 6.92 Å².